The number of hydrogen-bond acceptors (Lipinski definition) is 2. The van der Waals surface area contributed by atoms with Crippen molar-refractivity contribution in [2.45, 2.75) is 51.2 Å². The zero-order valence-electron chi connectivity index (χ0n) is 16.5. The van der Waals surface area contributed by atoms with Crippen LogP contribution in [0.25, 0.3) is 10.9 Å². The first kappa shape index (κ1) is 16.9. The molecule has 2 aliphatic rings. The smallest absolute Gasteiger partial charge is 0.119 e. The van der Waals surface area contributed by atoms with Gasteiger partial charge in [0.2, 0.25) is 0 Å². The summed E-state index contributed by atoms with van der Waals surface area (Å²) < 4.78 is 8.15. The monoisotopic (exact) mass is 360 g/mol. The van der Waals surface area contributed by atoms with Crippen molar-refractivity contribution >= 4 is 10.9 Å². The lowest BCUT2D eigenvalue weighted by molar-refractivity contribution is 0.222. The molecule has 0 N–H and O–H groups in total. The van der Waals surface area contributed by atoms with Gasteiger partial charge in [0.15, 0.2) is 0 Å². The summed E-state index contributed by atoms with van der Waals surface area (Å²) >= 11 is 0. The van der Waals surface area contributed by atoms with E-state index in [2.05, 4.69) is 65.9 Å². The Balaban J connectivity index is 1.61. The maximum absolute atomic E-state index is 5.55. The van der Waals surface area contributed by atoms with Crippen LogP contribution in [0.5, 0.6) is 5.75 Å². The molecule has 2 aromatic carbocycles. The van der Waals surface area contributed by atoms with Gasteiger partial charge in [-0.05, 0) is 62.6 Å². The van der Waals surface area contributed by atoms with Crippen molar-refractivity contribution in [2.24, 2.45) is 0 Å². The normalized spacial score (nSPS) is 21.6. The highest BCUT2D eigenvalue weighted by atomic mass is 16.5. The number of ether oxygens (including phenoxy) is 1. The standard InChI is InChI=1S/C24H28N2O/c1-16-5-4-6-17(13-16)11-12-26-21-10-8-19(27-3)15-20(21)24-22-9-7-18(25(22)2)14-23(24)26/h4-6,8,10,13,15,18,22H,7,9,11-12,14H2,1-3H3. The third kappa shape index (κ3) is 2.68. The molecule has 1 saturated heterocycles. The minimum absolute atomic E-state index is 0.563. The van der Waals surface area contributed by atoms with Crippen LogP contribution in [-0.2, 0) is 19.4 Å². The Morgan fingerprint density at radius 1 is 1.11 bits per heavy atom. The predicted molar refractivity (Wildman–Crippen MR) is 111 cm³/mol. The molecule has 2 atom stereocenters. The van der Waals surface area contributed by atoms with Gasteiger partial charge in [-0.3, -0.25) is 4.90 Å². The highest BCUT2D eigenvalue weighted by Gasteiger charge is 2.40. The van der Waals surface area contributed by atoms with E-state index in [9.17, 15) is 0 Å². The molecule has 5 rings (SSSR count). The molecule has 2 unspecified atom stereocenters. The molecule has 1 fully saturated rings. The Hall–Kier alpha value is -2.26. The van der Waals surface area contributed by atoms with Crippen LogP contribution in [0.2, 0.25) is 0 Å². The fourth-order valence-corrected chi connectivity index (χ4v) is 5.32. The van der Waals surface area contributed by atoms with E-state index in [1.165, 1.54) is 41.3 Å². The van der Waals surface area contributed by atoms with E-state index in [0.29, 0.717) is 12.1 Å². The molecule has 0 radical (unpaired) electrons. The van der Waals surface area contributed by atoms with Gasteiger partial charge in [-0.2, -0.15) is 0 Å². The summed E-state index contributed by atoms with van der Waals surface area (Å²) in [4.78, 5) is 2.60. The molecule has 2 aliphatic heterocycles. The highest BCUT2D eigenvalue weighted by Crippen LogP contribution is 2.47. The lowest BCUT2D eigenvalue weighted by Gasteiger charge is -2.32. The topological polar surface area (TPSA) is 17.4 Å². The molecule has 3 aromatic rings. The van der Waals surface area contributed by atoms with E-state index < -0.39 is 0 Å². The highest BCUT2D eigenvalue weighted by molar-refractivity contribution is 5.88. The van der Waals surface area contributed by atoms with Crippen molar-refractivity contribution in [3.8, 4) is 5.75 Å². The number of fused-ring (bicyclic) bond motifs is 6. The van der Waals surface area contributed by atoms with E-state index in [-0.39, 0.29) is 0 Å². The summed E-state index contributed by atoms with van der Waals surface area (Å²) in [5.41, 5.74) is 7.27. The number of aryl methyl sites for hydroxylation is 3. The molecule has 27 heavy (non-hydrogen) atoms. The Kier molecular flexibility index (Phi) is 4.01. The Morgan fingerprint density at radius 3 is 2.81 bits per heavy atom. The zero-order valence-corrected chi connectivity index (χ0v) is 16.5. The van der Waals surface area contributed by atoms with Gasteiger partial charge in [-0.15, -0.1) is 0 Å². The van der Waals surface area contributed by atoms with Crippen molar-refractivity contribution in [2.75, 3.05) is 14.2 Å². The number of nitrogens with zero attached hydrogens (tertiary/aromatic N) is 2. The third-order valence-electron chi connectivity index (χ3n) is 6.73. The van der Waals surface area contributed by atoms with Crippen molar-refractivity contribution in [1.29, 1.82) is 0 Å². The summed E-state index contributed by atoms with van der Waals surface area (Å²) in [5.74, 6) is 0.962. The summed E-state index contributed by atoms with van der Waals surface area (Å²) in [6, 6.07) is 16.8. The maximum Gasteiger partial charge on any atom is 0.119 e. The van der Waals surface area contributed by atoms with E-state index in [0.717, 1.165) is 18.7 Å². The van der Waals surface area contributed by atoms with E-state index in [1.807, 2.05) is 0 Å². The molecule has 0 aliphatic carbocycles. The van der Waals surface area contributed by atoms with Gasteiger partial charge in [-0.25, -0.2) is 0 Å². The molecule has 140 valence electrons. The minimum atomic E-state index is 0.563. The molecule has 1 aromatic heterocycles. The number of benzene rings is 2. The third-order valence-corrected chi connectivity index (χ3v) is 6.73. The molecule has 0 spiro atoms. The van der Waals surface area contributed by atoms with Crippen LogP contribution in [0.15, 0.2) is 42.5 Å². The summed E-state index contributed by atoms with van der Waals surface area (Å²) in [7, 11) is 4.07. The number of likely N-dealkylation sites (N-methyl/N-ethyl adjacent to an activating group) is 1. The van der Waals surface area contributed by atoms with Gasteiger partial charge in [-0.1, -0.05) is 29.8 Å². The van der Waals surface area contributed by atoms with E-state index in [1.54, 1.807) is 18.4 Å². The SMILES string of the molecule is COc1ccc2c(c1)c1c(n2CCc2cccc(C)c2)CC2CCC1N2C. The molecule has 0 saturated carbocycles. The van der Waals surface area contributed by atoms with Crippen molar-refractivity contribution < 1.29 is 4.74 Å². The van der Waals surface area contributed by atoms with Crippen molar-refractivity contribution in [3.63, 3.8) is 0 Å². The van der Waals surface area contributed by atoms with Crippen LogP contribution in [0.3, 0.4) is 0 Å². The van der Waals surface area contributed by atoms with Gasteiger partial charge >= 0.3 is 0 Å². The molecule has 3 heterocycles. The number of rotatable bonds is 4. The lowest BCUT2D eigenvalue weighted by Crippen LogP contribution is -2.34. The summed E-state index contributed by atoms with van der Waals surface area (Å²) in [6.07, 6.45) is 4.85. The second-order valence-corrected chi connectivity index (χ2v) is 8.25. The Bertz CT molecular complexity index is 1000. The lowest BCUT2D eigenvalue weighted by atomic mass is 9.97. The fourth-order valence-electron chi connectivity index (χ4n) is 5.32. The minimum Gasteiger partial charge on any atom is -0.497 e. The quantitative estimate of drug-likeness (QED) is 0.659. The van der Waals surface area contributed by atoms with Gasteiger partial charge in [0.1, 0.15) is 5.75 Å². The van der Waals surface area contributed by atoms with Crippen molar-refractivity contribution in [1.82, 2.24) is 9.47 Å². The second-order valence-electron chi connectivity index (χ2n) is 8.25. The summed E-state index contributed by atoms with van der Waals surface area (Å²) in [5, 5.41) is 1.39. The van der Waals surface area contributed by atoms with Crippen LogP contribution < -0.4 is 4.74 Å². The first-order chi connectivity index (χ1) is 13.2. The van der Waals surface area contributed by atoms with Crippen LogP contribution in [0, 0.1) is 6.92 Å². The fraction of sp³-hybridized carbons (Fsp3) is 0.417. The van der Waals surface area contributed by atoms with Gasteiger partial charge in [0, 0.05) is 41.6 Å². The average molecular weight is 361 g/mol. The van der Waals surface area contributed by atoms with Gasteiger partial charge in [0.05, 0.1) is 7.11 Å². The predicted octanol–water partition coefficient (Wildman–Crippen LogP) is 4.89. The Labute approximate surface area is 161 Å². The van der Waals surface area contributed by atoms with Crippen LogP contribution in [-0.4, -0.2) is 29.7 Å². The maximum atomic E-state index is 5.55. The van der Waals surface area contributed by atoms with Crippen LogP contribution in [0.4, 0.5) is 0 Å². The number of hydrogen-bond donors (Lipinski definition) is 0. The largest absolute Gasteiger partial charge is 0.497 e. The molecule has 2 bridgehead atoms. The molecule has 0 amide bonds. The Morgan fingerprint density at radius 2 is 2.00 bits per heavy atom. The van der Waals surface area contributed by atoms with E-state index >= 15 is 0 Å². The van der Waals surface area contributed by atoms with Crippen LogP contribution in [0.1, 0.15) is 41.3 Å². The first-order valence-electron chi connectivity index (χ1n) is 10.1. The molecular weight excluding hydrogens is 332 g/mol. The number of aromatic nitrogens is 1. The van der Waals surface area contributed by atoms with E-state index in [4.69, 9.17) is 4.74 Å². The first-order valence-corrected chi connectivity index (χ1v) is 10.1. The van der Waals surface area contributed by atoms with Gasteiger partial charge in [0.25, 0.3) is 0 Å². The zero-order chi connectivity index (χ0) is 18.5. The average Bonchev–Trinajstić information content (AvgIpc) is 3.09. The summed E-state index contributed by atoms with van der Waals surface area (Å²) in [6.45, 7) is 3.22. The molecule has 3 heteroatoms. The molecular formula is C24H28N2O. The molecule has 3 nitrogen and oxygen atoms in total. The second kappa shape index (κ2) is 6.42. The number of methoxy groups -OCH3 is 1. The van der Waals surface area contributed by atoms with Crippen LogP contribution >= 0.6 is 0 Å². The van der Waals surface area contributed by atoms with Gasteiger partial charge < -0.3 is 9.30 Å². The van der Waals surface area contributed by atoms with Crippen molar-refractivity contribution in [3.05, 3.63) is 64.8 Å².